The molecule has 0 spiro atoms. The topological polar surface area (TPSA) is 46.5 Å². The van der Waals surface area contributed by atoms with Gasteiger partial charge in [-0.25, -0.2) is 4.79 Å². The van der Waals surface area contributed by atoms with Crippen molar-refractivity contribution in [1.82, 2.24) is 0 Å². The number of carboxylic acids is 1. The number of halogens is 3. The van der Waals surface area contributed by atoms with Crippen LogP contribution in [0.2, 0.25) is 0 Å². The van der Waals surface area contributed by atoms with Crippen LogP contribution in [0.25, 0.3) is 0 Å². The molecule has 2 saturated carbocycles. The van der Waals surface area contributed by atoms with E-state index < -0.39 is 25.2 Å². The summed E-state index contributed by atoms with van der Waals surface area (Å²) in [5.74, 6) is 6.82. The maximum absolute atomic E-state index is 12.3. The van der Waals surface area contributed by atoms with Crippen LogP contribution in [0.5, 0.6) is 5.75 Å². The minimum atomic E-state index is -4.32. The minimum Gasteiger partial charge on any atom is -0.492 e. The number of benzene rings is 1. The van der Waals surface area contributed by atoms with E-state index in [0.29, 0.717) is 23.3 Å². The zero-order chi connectivity index (χ0) is 18.0. The SMILES string of the molecule is O=C(O)c1ccc(C#CC(C2CC2)C2CC2)c(OCCC(F)(F)F)c1. The van der Waals surface area contributed by atoms with Gasteiger partial charge in [-0.3, -0.25) is 0 Å². The fourth-order valence-electron chi connectivity index (χ4n) is 2.85. The predicted octanol–water partition coefficient (Wildman–Crippen LogP) is 4.50. The van der Waals surface area contributed by atoms with Crippen LogP contribution < -0.4 is 4.74 Å². The third kappa shape index (κ3) is 5.15. The molecular weight excluding hydrogens is 333 g/mol. The Morgan fingerprint density at radius 1 is 1.24 bits per heavy atom. The van der Waals surface area contributed by atoms with Crippen molar-refractivity contribution in [3.8, 4) is 17.6 Å². The lowest BCUT2D eigenvalue weighted by Gasteiger charge is -2.11. The van der Waals surface area contributed by atoms with Gasteiger partial charge in [-0.1, -0.05) is 11.8 Å². The van der Waals surface area contributed by atoms with Crippen molar-refractivity contribution in [3.63, 3.8) is 0 Å². The number of alkyl halides is 3. The summed E-state index contributed by atoms with van der Waals surface area (Å²) in [4.78, 5) is 11.1. The summed E-state index contributed by atoms with van der Waals surface area (Å²) in [5.41, 5.74) is 0.409. The normalized spacial score (nSPS) is 17.1. The standard InChI is InChI=1S/C19H19F3O3/c20-19(21,22)9-10-25-17-11-15(18(23)24)6-5-14(17)7-8-16(12-1-2-12)13-3-4-13/h5-6,11-13,16H,1-4,9-10H2,(H,23,24). The average Bonchev–Trinajstić information content (AvgIpc) is 3.41. The van der Waals surface area contributed by atoms with Crippen LogP contribution in [-0.2, 0) is 0 Å². The molecule has 2 aliphatic rings. The first-order valence-electron chi connectivity index (χ1n) is 8.42. The van der Waals surface area contributed by atoms with E-state index >= 15 is 0 Å². The van der Waals surface area contributed by atoms with Crippen LogP contribution in [0, 0.1) is 29.6 Å². The van der Waals surface area contributed by atoms with Crippen LogP contribution in [-0.4, -0.2) is 23.9 Å². The molecule has 0 aromatic heterocycles. The molecule has 1 aromatic rings. The third-order valence-electron chi connectivity index (χ3n) is 4.50. The summed E-state index contributed by atoms with van der Waals surface area (Å²) in [6.07, 6.45) is -0.680. The first kappa shape index (κ1) is 17.7. The highest BCUT2D eigenvalue weighted by Crippen LogP contribution is 2.48. The van der Waals surface area contributed by atoms with E-state index in [-0.39, 0.29) is 11.3 Å². The maximum Gasteiger partial charge on any atom is 0.392 e. The van der Waals surface area contributed by atoms with Crippen molar-refractivity contribution in [3.05, 3.63) is 29.3 Å². The van der Waals surface area contributed by atoms with E-state index in [4.69, 9.17) is 9.84 Å². The van der Waals surface area contributed by atoms with Crippen LogP contribution >= 0.6 is 0 Å². The summed E-state index contributed by atoms with van der Waals surface area (Å²) in [6.45, 7) is -0.560. The predicted molar refractivity (Wildman–Crippen MR) is 85.4 cm³/mol. The first-order valence-corrected chi connectivity index (χ1v) is 8.42. The molecule has 0 amide bonds. The molecule has 0 atom stereocenters. The van der Waals surface area contributed by atoms with E-state index in [9.17, 15) is 18.0 Å². The second-order valence-electron chi connectivity index (χ2n) is 6.70. The van der Waals surface area contributed by atoms with E-state index in [1.807, 2.05) is 0 Å². The van der Waals surface area contributed by atoms with Crippen molar-refractivity contribution >= 4 is 5.97 Å². The lowest BCUT2D eigenvalue weighted by Crippen LogP contribution is -2.13. The highest BCUT2D eigenvalue weighted by molar-refractivity contribution is 5.88. The zero-order valence-corrected chi connectivity index (χ0v) is 13.6. The Labute approximate surface area is 144 Å². The molecular formula is C19H19F3O3. The van der Waals surface area contributed by atoms with Crippen molar-refractivity contribution in [2.75, 3.05) is 6.61 Å². The summed E-state index contributed by atoms with van der Waals surface area (Å²) < 4.78 is 42.1. The quantitative estimate of drug-likeness (QED) is 0.767. The second-order valence-corrected chi connectivity index (χ2v) is 6.70. The van der Waals surface area contributed by atoms with Crippen LogP contribution in [0.3, 0.4) is 0 Å². The number of hydrogen-bond donors (Lipinski definition) is 1. The van der Waals surface area contributed by atoms with Gasteiger partial charge in [0.25, 0.3) is 0 Å². The van der Waals surface area contributed by atoms with E-state index in [1.165, 1.54) is 43.9 Å². The molecule has 3 rings (SSSR count). The van der Waals surface area contributed by atoms with Crippen molar-refractivity contribution in [1.29, 1.82) is 0 Å². The minimum absolute atomic E-state index is 0.0338. The molecule has 0 aliphatic heterocycles. The van der Waals surface area contributed by atoms with Gasteiger partial charge in [0.15, 0.2) is 0 Å². The summed E-state index contributed by atoms with van der Waals surface area (Å²) in [5, 5.41) is 9.06. The summed E-state index contributed by atoms with van der Waals surface area (Å²) in [6, 6.07) is 4.15. The number of hydrogen-bond acceptors (Lipinski definition) is 2. The number of aromatic carboxylic acids is 1. The van der Waals surface area contributed by atoms with Gasteiger partial charge in [0.2, 0.25) is 0 Å². The first-order chi connectivity index (χ1) is 11.8. The molecule has 2 fully saturated rings. The number of carboxylic acid groups (broad SMARTS) is 1. The van der Waals surface area contributed by atoms with E-state index in [1.54, 1.807) is 0 Å². The Kier molecular flexibility index (Phi) is 4.94. The molecule has 0 heterocycles. The van der Waals surface area contributed by atoms with Crippen molar-refractivity contribution in [2.45, 2.75) is 38.3 Å². The average molecular weight is 352 g/mol. The Bertz CT molecular complexity index is 695. The number of carbonyl (C=O) groups is 1. The van der Waals surface area contributed by atoms with Crippen LogP contribution in [0.4, 0.5) is 13.2 Å². The zero-order valence-electron chi connectivity index (χ0n) is 13.6. The monoisotopic (exact) mass is 352 g/mol. The van der Waals surface area contributed by atoms with E-state index in [0.717, 1.165) is 0 Å². The van der Waals surface area contributed by atoms with Gasteiger partial charge >= 0.3 is 12.1 Å². The van der Waals surface area contributed by atoms with Gasteiger partial charge in [0.1, 0.15) is 5.75 Å². The number of ether oxygens (including phenoxy) is 1. The molecule has 25 heavy (non-hydrogen) atoms. The Morgan fingerprint density at radius 2 is 1.88 bits per heavy atom. The second kappa shape index (κ2) is 6.99. The van der Waals surface area contributed by atoms with Gasteiger partial charge in [0, 0.05) is 5.92 Å². The van der Waals surface area contributed by atoms with Gasteiger partial charge in [-0.2, -0.15) is 13.2 Å². The third-order valence-corrected chi connectivity index (χ3v) is 4.50. The fourth-order valence-corrected chi connectivity index (χ4v) is 2.85. The van der Waals surface area contributed by atoms with Crippen LogP contribution in [0.15, 0.2) is 18.2 Å². The summed E-state index contributed by atoms with van der Waals surface area (Å²) in [7, 11) is 0. The molecule has 1 aromatic carbocycles. The molecule has 134 valence electrons. The molecule has 2 aliphatic carbocycles. The Morgan fingerprint density at radius 3 is 2.40 bits per heavy atom. The lowest BCUT2D eigenvalue weighted by molar-refractivity contribution is -0.139. The molecule has 6 heteroatoms. The Hall–Kier alpha value is -2.16. The molecule has 0 bridgehead atoms. The van der Waals surface area contributed by atoms with Gasteiger partial charge in [-0.05, 0) is 55.7 Å². The maximum atomic E-state index is 12.3. The van der Waals surface area contributed by atoms with Gasteiger partial charge < -0.3 is 9.84 Å². The highest BCUT2D eigenvalue weighted by Gasteiger charge is 2.40. The van der Waals surface area contributed by atoms with Crippen molar-refractivity contribution in [2.24, 2.45) is 17.8 Å². The summed E-state index contributed by atoms with van der Waals surface area (Å²) >= 11 is 0. The molecule has 0 radical (unpaired) electrons. The lowest BCUT2D eigenvalue weighted by atomic mass is 9.98. The van der Waals surface area contributed by atoms with E-state index in [2.05, 4.69) is 11.8 Å². The van der Waals surface area contributed by atoms with Crippen molar-refractivity contribution < 1.29 is 27.8 Å². The number of rotatable bonds is 6. The van der Waals surface area contributed by atoms with Crippen LogP contribution in [0.1, 0.15) is 48.0 Å². The molecule has 0 saturated heterocycles. The molecule has 0 unspecified atom stereocenters. The largest absolute Gasteiger partial charge is 0.492 e. The van der Waals surface area contributed by atoms with Gasteiger partial charge in [-0.15, -0.1) is 0 Å². The van der Waals surface area contributed by atoms with Gasteiger partial charge in [0.05, 0.1) is 24.2 Å². The smallest absolute Gasteiger partial charge is 0.392 e. The fraction of sp³-hybridized carbons (Fsp3) is 0.526. The molecule has 3 nitrogen and oxygen atoms in total. The highest BCUT2D eigenvalue weighted by atomic mass is 19.4. The molecule has 1 N–H and O–H groups in total. The Balaban J connectivity index is 1.78.